The van der Waals surface area contributed by atoms with Gasteiger partial charge in [0, 0.05) is 0 Å². The van der Waals surface area contributed by atoms with Gasteiger partial charge in [-0.1, -0.05) is 121 Å². The van der Waals surface area contributed by atoms with Crippen LogP contribution in [0.2, 0.25) is 0 Å². The van der Waals surface area contributed by atoms with E-state index in [1.807, 2.05) is 121 Å². The van der Waals surface area contributed by atoms with Crippen molar-refractivity contribution in [3.63, 3.8) is 0 Å². The molecule has 186 valence electrons. The van der Waals surface area contributed by atoms with Crippen molar-refractivity contribution in [2.75, 3.05) is 0 Å². The summed E-state index contributed by atoms with van der Waals surface area (Å²) in [7, 11) is 0. The monoisotopic (exact) mass is 492 g/mol. The maximum Gasteiger partial charge on any atom is 0.308 e. The fourth-order valence-electron chi connectivity index (χ4n) is 4.41. The highest BCUT2D eigenvalue weighted by molar-refractivity contribution is 5.99. The van der Waals surface area contributed by atoms with Crippen LogP contribution >= 0.6 is 0 Å². The van der Waals surface area contributed by atoms with E-state index in [1.54, 1.807) is 0 Å². The summed E-state index contributed by atoms with van der Waals surface area (Å²) >= 11 is 0. The minimum Gasteiger partial charge on any atom is -0.461 e. The Morgan fingerprint density at radius 2 is 1.08 bits per heavy atom. The highest BCUT2D eigenvalue weighted by Gasteiger charge is 2.45. The van der Waals surface area contributed by atoms with Gasteiger partial charge in [0.05, 0.1) is 6.42 Å². The summed E-state index contributed by atoms with van der Waals surface area (Å²) in [4.78, 5) is 39.2. The number of ether oxygens (including phenoxy) is 1. The lowest BCUT2D eigenvalue weighted by Crippen LogP contribution is -2.54. The second-order valence-electron chi connectivity index (χ2n) is 8.63. The van der Waals surface area contributed by atoms with Crippen LogP contribution in [0.1, 0.15) is 28.7 Å². The molecule has 0 aliphatic heterocycles. The molecule has 1 atom stereocenters. The molecule has 0 radical (unpaired) electrons. The van der Waals surface area contributed by atoms with Crippen LogP contribution in [0.25, 0.3) is 0 Å². The molecule has 0 aliphatic carbocycles. The quantitative estimate of drug-likeness (QED) is 0.257. The molecule has 6 heteroatoms. The largest absolute Gasteiger partial charge is 0.461 e. The smallest absolute Gasteiger partial charge is 0.308 e. The van der Waals surface area contributed by atoms with Crippen LogP contribution in [-0.2, 0) is 31.1 Å². The van der Waals surface area contributed by atoms with E-state index in [9.17, 15) is 14.4 Å². The fraction of sp³-hybridized carbons (Fsp3) is 0.129. The van der Waals surface area contributed by atoms with E-state index in [1.165, 1.54) is 0 Å². The number of benzene rings is 4. The molecule has 2 amide bonds. The second kappa shape index (κ2) is 11.8. The van der Waals surface area contributed by atoms with Crippen molar-refractivity contribution < 1.29 is 19.1 Å². The van der Waals surface area contributed by atoms with E-state index in [2.05, 4.69) is 5.32 Å². The number of primary amides is 1. The van der Waals surface area contributed by atoms with Gasteiger partial charge >= 0.3 is 5.97 Å². The van der Waals surface area contributed by atoms with Crippen molar-refractivity contribution in [3.8, 4) is 0 Å². The lowest BCUT2D eigenvalue weighted by Gasteiger charge is -2.35. The molecule has 4 aromatic carbocycles. The normalized spacial score (nSPS) is 11.8. The molecule has 37 heavy (non-hydrogen) atoms. The van der Waals surface area contributed by atoms with Gasteiger partial charge in [0.1, 0.15) is 18.1 Å². The van der Waals surface area contributed by atoms with Crippen LogP contribution in [0.3, 0.4) is 0 Å². The minimum absolute atomic E-state index is 0.0566. The van der Waals surface area contributed by atoms with Crippen molar-refractivity contribution in [3.05, 3.63) is 144 Å². The third-order valence-corrected chi connectivity index (χ3v) is 6.22. The topological polar surface area (TPSA) is 98.5 Å². The van der Waals surface area contributed by atoms with Crippen molar-refractivity contribution in [1.29, 1.82) is 0 Å². The second-order valence-corrected chi connectivity index (χ2v) is 8.63. The molecule has 0 saturated carbocycles. The zero-order valence-electron chi connectivity index (χ0n) is 20.2. The Morgan fingerprint density at radius 1 is 0.676 bits per heavy atom. The molecule has 4 rings (SSSR count). The first kappa shape index (κ1) is 25.4. The van der Waals surface area contributed by atoms with Crippen LogP contribution in [-0.4, -0.2) is 23.8 Å². The van der Waals surface area contributed by atoms with Gasteiger partial charge in [-0.15, -0.1) is 0 Å². The number of carbonyl (C=O) groups excluding carboxylic acids is 3. The number of hydrogen-bond donors (Lipinski definition) is 2. The number of hydrogen-bond acceptors (Lipinski definition) is 4. The zero-order chi connectivity index (χ0) is 26.1. The molecule has 0 spiro atoms. The number of esters is 1. The number of nitrogens with one attached hydrogen (secondary N) is 1. The number of carbonyl (C=O) groups is 3. The molecule has 0 fully saturated rings. The Balaban J connectivity index is 1.68. The standard InChI is InChI=1S/C31H28N2O4/c32-29(35)27(21-28(34)37-22-23-13-5-1-6-14-23)33-30(36)31(24-15-7-2-8-16-24,25-17-9-3-10-18-25)26-19-11-4-12-20-26/h1-20,27H,21-22H2,(H2,32,35)(H,33,36)/t27-/m0/s1. The molecule has 4 aromatic rings. The zero-order valence-corrected chi connectivity index (χ0v) is 20.2. The third-order valence-electron chi connectivity index (χ3n) is 6.22. The average molecular weight is 493 g/mol. The van der Waals surface area contributed by atoms with Gasteiger partial charge < -0.3 is 15.8 Å². The highest BCUT2D eigenvalue weighted by Crippen LogP contribution is 2.39. The minimum atomic E-state index is -1.30. The first-order valence-corrected chi connectivity index (χ1v) is 12.0. The maximum absolute atomic E-state index is 14.3. The van der Waals surface area contributed by atoms with Crippen molar-refractivity contribution in [1.82, 2.24) is 5.32 Å². The predicted molar refractivity (Wildman–Crippen MR) is 141 cm³/mol. The van der Waals surface area contributed by atoms with Crippen molar-refractivity contribution in [2.45, 2.75) is 24.5 Å². The molecule has 0 saturated heterocycles. The molecule has 0 aromatic heterocycles. The molecule has 0 unspecified atom stereocenters. The van der Waals surface area contributed by atoms with Gasteiger partial charge in [-0.2, -0.15) is 0 Å². The summed E-state index contributed by atoms with van der Waals surface area (Å²) in [5, 5.41) is 2.77. The lowest BCUT2D eigenvalue weighted by atomic mass is 9.68. The number of rotatable bonds is 10. The molecule has 0 heterocycles. The summed E-state index contributed by atoms with van der Waals surface area (Å²) in [5.41, 5.74) is 7.27. The highest BCUT2D eigenvalue weighted by atomic mass is 16.5. The lowest BCUT2D eigenvalue weighted by molar-refractivity contribution is -0.147. The summed E-state index contributed by atoms with van der Waals surface area (Å²) in [6.45, 7) is 0.0566. The van der Waals surface area contributed by atoms with Gasteiger partial charge in [-0.05, 0) is 22.3 Å². The summed E-state index contributed by atoms with van der Waals surface area (Å²) < 4.78 is 5.33. The fourth-order valence-corrected chi connectivity index (χ4v) is 4.41. The third kappa shape index (κ3) is 5.76. The maximum atomic E-state index is 14.3. The number of nitrogens with two attached hydrogens (primary N) is 1. The van der Waals surface area contributed by atoms with Gasteiger partial charge in [-0.25, -0.2) is 0 Å². The van der Waals surface area contributed by atoms with E-state index < -0.39 is 29.2 Å². The summed E-state index contributed by atoms with van der Waals surface area (Å²) in [5.74, 6) is -1.94. The van der Waals surface area contributed by atoms with Crippen molar-refractivity contribution in [2.24, 2.45) is 5.73 Å². The van der Waals surface area contributed by atoms with Gasteiger partial charge in [-0.3, -0.25) is 14.4 Å². The van der Waals surface area contributed by atoms with Gasteiger partial charge in [0.2, 0.25) is 11.8 Å². The number of amides is 2. The van der Waals surface area contributed by atoms with E-state index in [-0.39, 0.29) is 13.0 Å². The van der Waals surface area contributed by atoms with Crippen LogP contribution in [0, 0.1) is 0 Å². The van der Waals surface area contributed by atoms with Crippen LogP contribution < -0.4 is 11.1 Å². The van der Waals surface area contributed by atoms with Crippen LogP contribution in [0.5, 0.6) is 0 Å². The molecule has 0 bridgehead atoms. The molecule has 3 N–H and O–H groups in total. The molecular weight excluding hydrogens is 464 g/mol. The van der Waals surface area contributed by atoms with Gasteiger partial charge in [0.15, 0.2) is 0 Å². The Bertz CT molecular complexity index is 1230. The first-order valence-electron chi connectivity index (χ1n) is 12.0. The van der Waals surface area contributed by atoms with E-state index >= 15 is 0 Å². The van der Waals surface area contributed by atoms with E-state index in [0.29, 0.717) is 16.7 Å². The first-order chi connectivity index (χ1) is 18.0. The summed E-state index contributed by atoms with van der Waals surface area (Å²) in [6, 6.07) is 35.9. The molecular formula is C31H28N2O4. The Labute approximate surface area is 216 Å². The molecule has 6 nitrogen and oxygen atoms in total. The Kier molecular flexibility index (Phi) is 8.11. The van der Waals surface area contributed by atoms with Gasteiger partial charge in [0.25, 0.3) is 0 Å². The Morgan fingerprint density at radius 3 is 1.49 bits per heavy atom. The van der Waals surface area contributed by atoms with E-state index in [4.69, 9.17) is 10.5 Å². The van der Waals surface area contributed by atoms with E-state index in [0.717, 1.165) is 5.56 Å². The average Bonchev–Trinajstić information content (AvgIpc) is 2.94. The van der Waals surface area contributed by atoms with Crippen molar-refractivity contribution >= 4 is 17.8 Å². The SMILES string of the molecule is NC(=O)[C@H](CC(=O)OCc1ccccc1)NC(=O)C(c1ccccc1)(c1ccccc1)c1ccccc1. The Hall–Kier alpha value is -4.71. The summed E-state index contributed by atoms with van der Waals surface area (Å²) in [6.07, 6.45) is -0.387. The van der Waals surface area contributed by atoms with Crippen LogP contribution in [0.15, 0.2) is 121 Å². The predicted octanol–water partition coefficient (Wildman–Crippen LogP) is 4.12. The molecule has 0 aliphatic rings. The van der Waals surface area contributed by atoms with Crippen LogP contribution in [0.4, 0.5) is 0 Å².